The van der Waals surface area contributed by atoms with Crippen molar-refractivity contribution in [1.82, 2.24) is 4.31 Å². The second-order valence-electron chi connectivity index (χ2n) is 4.62. The zero-order valence-electron chi connectivity index (χ0n) is 10.8. The van der Waals surface area contributed by atoms with Crippen LogP contribution in [0.25, 0.3) is 0 Å². The normalized spacial score (nSPS) is 20.5. The number of hydrogen-bond acceptors (Lipinski definition) is 5. The summed E-state index contributed by atoms with van der Waals surface area (Å²) in [6, 6.07) is 0. The van der Waals surface area contributed by atoms with Crippen LogP contribution in [0.2, 0.25) is 0 Å². The van der Waals surface area contributed by atoms with Crippen molar-refractivity contribution in [3.63, 3.8) is 0 Å². The predicted molar refractivity (Wildman–Crippen MR) is 70.1 cm³/mol. The van der Waals surface area contributed by atoms with E-state index in [-0.39, 0.29) is 30.9 Å². The lowest BCUT2D eigenvalue weighted by Gasteiger charge is -2.28. The third kappa shape index (κ3) is 4.43. The van der Waals surface area contributed by atoms with Crippen molar-refractivity contribution in [2.45, 2.75) is 31.4 Å². The van der Waals surface area contributed by atoms with Gasteiger partial charge in [0, 0.05) is 6.54 Å². The first kappa shape index (κ1) is 16.4. The minimum absolute atomic E-state index is 0.0461. The van der Waals surface area contributed by atoms with Crippen LogP contribution >= 0.6 is 0 Å². The fraction of sp³-hybridized carbons (Fsp3) is 0.900. The Bertz CT molecular complexity index is 510. The molecule has 0 spiro atoms. The lowest BCUT2D eigenvalue weighted by Crippen LogP contribution is -2.44. The molecule has 112 valence electrons. The maximum atomic E-state index is 12.3. The molecule has 0 aromatic carbocycles. The largest absolute Gasteiger partial charge is 0.480 e. The van der Waals surface area contributed by atoms with E-state index in [0.717, 1.165) is 4.31 Å². The van der Waals surface area contributed by atoms with Crippen LogP contribution in [0.15, 0.2) is 0 Å². The number of carbonyl (C=O) groups is 1. The lowest BCUT2D eigenvalue weighted by atomic mass is 10.2. The fourth-order valence-electron chi connectivity index (χ4n) is 2.07. The molecule has 0 aromatic rings. The van der Waals surface area contributed by atoms with E-state index in [1.54, 1.807) is 6.92 Å². The van der Waals surface area contributed by atoms with Crippen molar-refractivity contribution < 1.29 is 26.7 Å². The van der Waals surface area contributed by atoms with Gasteiger partial charge in [0.25, 0.3) is 0 Å². The summed E-state index contributed by atoms with van der Waals surface area (Å²) in [6.45, 7) is 1.33. The summed E-state index contributed by atoms with van der Waals surface area (Å²) in [4.78, 5) is 10.7. The zero-order valence-corrected chi connectivity index (χ0v) is 12.4. The predicted octanol–water partition coefficient (Wildman–Crippen LogP) is -0.310. The SMILES string of the molecule is CCCN(CC(=O)O)S(=O)(=O)C1CCS(=O)(=O)CC1. The maximum Gasteiger partial charge on any atom is 0.318 e. The second-order valence-corrected chi connectivity index (χ2v) is 9.14. The van der Waals surface area contributed by atoms with Crippen LogP contribution < -0.4 is 0 Å². The summed E-state index contributed by atoms with van der Waals surface area (Å²) in [7, 11) is -6.88. The van der Waals surface area contributed by atoms with Gasteiger partial charge in [-0.3, -0.25) is 4.79 Å². The molecule has 0 radical (unpaired) electrons. The Morgan fingerprint density at radius 2 is 1.84 bits per heavy atom. The maximum absolute atomic E-state index is 12.3. The first-order valence-electron chi connectivity index (χ1n) is 6.10. The van der Waals surface area contributed by atoms with Crippen LogP contribution in [0.1, 0.15) is 26.2 Å². The van der Waals surface area contributed by atoms with Gasteiger partial charge < -0.3 is 5.11 Å². The molecule has 0 atom stereocenters. The molecule has 0 saturated carbocycles. The van der Waals surface area contributed by atoms with Gasteiger partial charge in [0.05, 0.1) is 16.8 Å². The molecule has 1 rings (SSSR count). The Hall–Kier alpha value is -0.670. The smallest absolute Gasteiger partial charge is 0.318 e. The third-order valence-corrected chi connectivity index (χ3v) is 7.13. The summed E-state index contributed by atoms with van der Waals surface area (Å²) in [5.41, 5.74) is 0. The van der Waals surface area contributed by atoms with E-state index in [0.29, 0.717) is 6.42 Å². The summed E-state index contributed by atoms with van der Waals surface area (Å²) < 4.78 is 48.1. The van der Waals surface area contributed by atoms with Gasteiger partial charge in [0.2, 0.25) is 10.0 Å². The molecule has 1 fully saturated rings. The molecule has 0 bridgehead atoms. The number of sulfone groups is 1. The number of carboxylic acids is 1. The van der Waals surface area contributed by atoms with Crippen LogP contribution in [0.3, 0.4) is 0 Å². The van der Waals surface area contributed by atoms with E-state index in [2.05, 4.69) is 0 Å². The highest BCUT2D eigenvalue weighted by Gasteiger charge is 2.37. The minimum Gasteiger partial charge on any atom is -0.480 e. The Labute approximate surface area is 113 Å². The van der Waals surface area contributed by atoms with Gasteiger partial charge in [-0.2, -0.15) is 4.31 Å². The Morgan fingerprint density at radius 1 is 1.32 bits per heavy atom. The van der Waals surface area contributed by atoms with Crippen molar-refractivity contribution >= 4 is 25.8 Å². The first-order chi connectivity index (χ1) is 8.69. The van der Waals surface area contributed by atoms with E-state index < -0.39 is 37.6 Å². The fourth-order valence-corrected chi connectivity index (χ4v) is 5.84. The van der Waals surface area contributed by atoms with Crippen molar-refractivity contribution in [1.29, 1.82) is 0 Å². The van der Waals surface area contributed by atoms with Crippen molar-refractivity contribution in [3.05, 3.63) is 0 Å². The van der Waals surface area contributed by atoms with E-state index in [1.807, 2.05) is 0 Å². The number of aliphatic carboxylic acids is 1. The standard InChI is InChI=1S/C10H19NO6S2/c1-2-5-11(8-10(12)13)19(16,17)9-3-6-18(14,15)7-4-9/h9H,2-8H2,1H3,(H,12,13). The molecule has 0 aromatic heterocycles. The molecule has 0 unspecified atom stereocenters. The van der Waals surface area contributed by atoms with Gasteiger partial charge in [0.1, 0.15) is 16.4 Å². The molecule has 1 saturated heterocycles. The van der Waals surface area contributed by atoms with E-state index in [1.165, 1.54) is 0 Å². The van der Waals surface area contributed by atoms with Crippen molar-refractivity contribution in [2.24, 2.45) is 0 Å². The molecule has 0 aliphatic carbocycles. The summed E-state index contributed by atoms with van der Waals surface area (Å²) in [6.07, 6.45) is 0.604. The highest BCUT2D eigenvalue weighted by Crippen LogP contribution is 2.22. The van der Waals surface area contributed by atoms with Gasteiger partial charge >= 0.3 is 5.97 Å². The van der Waals surface area contributed by atoms with Crippen LogP contribution in [0.5, 0.6) is 0 Å². The molecule has 1 aliphatic heterocycles. The first-order valence-corrected chi connectivity index (χ1v) is 9.42. The molecule has 7 nitrogen and oxygen atoms in total. The molecular formula is C10H19NO6S2. The summed E-state index contributed by atoms with van der Waals surface area (Å²) in [5.74, 6) is -1.51. The number of nitrogens with zero attached hydrogens (tertiary/aromatic N) is 1. The minimum atomic E-state index is -3.74. The Balaban J connectivity index is 2.85. The average molecular weight is 313 g/mol. The van der Waals surface area contributed by atoms with E-state index in [4.69, 9.17) is 5.11 Å². The molecule has 1 aliphatic rings. The van der Waals surface area contributed by atoms with Crippen LogP contribution in [0, 0.1) is 0 Å². The summed E-state index contributed by atoms with van der Waals surface area (Å²) in [5, 5.41) is 7.96. The van der Waals surface area contributed by atoms with Crippen LogP contribution in [0.4, 0.5) is 0 Å². The average Bonchev–Trinajstić information content (AvgIpc) is 2.27. The molecular weight excluding hydrogens is 294 g/mol. The summed E-state index contributed by atoms with van der Waals surface area (Å²) >= 11 is 0. The topological polar surface area (TPSA) is 109 Å². The highest BCUT2D eigenvalue weighted by molar-refractivity contribution is 7.92. The van der Waals surface area contributed by atoms with E-state index in [9.17, 15) is 21.6 Å². The van der Waals surface area contributed by atoms with Gasteiger partial charge in [0.15, 0.2) is 0 Å². The molecule has 1 heterocycles. The number of carboxylic acid groups (broad SMARTS) is 1. The zero-order chi connectivity index (χ0) is 14.7. The number of rotatable bonds is 6. The quantitative estimate of drug-likeness (QED) is 0.720. The van der Waals surface area contributed by atoms with Crippen molar-refractivity contribution in [2.75, 3.05) is 24.6 Å². The van der Waals surface area contributed by atoms with E-state index >= 15 is 0 Å². The Morgan fingerprint density at radius 3 is 2.26 bits per heavy atom. The third-order valence-electron chi connectivity index (χ3n) is 3.07. The second kappa shape index (κ2) is 6.19. The molecule has 0 amide bonds. The van der Waals surface area contributed by atoms with Crippen LogP contribution in [-0.2, 0) is 24.7 Å². The van der Waals surface area contributed by atoms with Gasteiger partial charge in [-0.05, 0) is 19.3 Å². The van der Waals surface area contributed by atoms with Gasteiger partial charge in [-0.1, -0.05) is 6.92 Å². The van der Waals surface area contributed by atoms with Crippen LogP contribution in [-0.4, -0.2) is 62.1 Å². The Kier molecular flexibility index (Phi) is 5.34. The monoisotopic (exact) mass is 313 g/mol. The highest BCUT2D eigenvalue weighted by atomic mass is 32.2. The lowest BCUT2D eigenvalue weighted by molar-refractivity contribution is -0.137. The van der Waals surface area contributed by atoms with Gasteiger partial charge in [-0.15, -0.1) is 0 Å². The van der Waals surface area contributed by atoms with Gasteiger partial charge in [-0.25, -0.2) is 16.8 Å². The number of sulfonamides is 1. The molecule has 1 N–H and O–H groups in total. The molecule has 9 heteroatoms. The van der Waals surface area contributed by atoms with Crippen molar-refractivity contribution in [3.8, 4) is 0 Å². The number of hydrogen-bond donors (Lipinski definition) is 1. The molecule has 19 heavy (non-hydrogen) atoms.